The molecule has 2 rings (SSSR count). The van der Waals surface area contributed by atoms with Crippen LogP contribution < -0.4 is 0 Å². The molecule has 1 aliphatic heterocycles. The van der Waals surface area contributed by atoms with Crippen molar-refractivity contribution in [2.75, 3.05) is 13.2 Å². The van der Waals surface area contributed by atoms with E-state index in [2.05, 4.69) is 19.1 Å². The van der Waals surface area contributed by atoms with E-state index in [1.165, 1.54) is 0 Å². The van der Waals surface area contributed by atoms with Crippen LogP contribution in [0.15, 0.2) is 12.2 Å². The third-order valence-electron chi connectivity index (χ3n) is 3.71. The van der Waals surface area contributed by atoms with Crippen LogP contribution in [-0.4, -0.2) is 23.9 Å². The topological polar surface area (TPSA) is 29.5 Å². The molecule has 1 aliphatic carbocycles. The Hall–Kier alpha value is -0.340. The minimum absolute atomic E-state index is 0.289. The molecule has 1 heterocycles. The van der Waals surface area contributed by atoms with E-state index in [-0.39, 0.29) is 5.92 Å². The van der Waals surface area contributed by atoms with E-state index in [0.29, 0.717) is 5.92 Å². The van der Waals surface area contributed by atoms with Gasteiger partial charge in [0.05, 0.1) is 12.2 Å². The lowest BCUT2D eigenvalue weighted by molar-refractivity contribution is -0.117. The summed E-state index contributed by atoms with van der Waals surface area (Å²) >= 11 is 0. The van der Waals surface area contributed by atoms with Gasteiger partial charge in [0.15, 0.2) is 0 Å². The van der Waals surface area contributed by atoms with Crippen LogP contribution in [-0.2, 0) is 4.74 Å². The van der Waals surface area contributed by atoms with Gasteiger partial charge in [-0.2, -0.15) is 0 Å². The van der Waals surface area contributed by atoms with Crippen molar-refractivity contribution in [2.24, 2.45) is 11.8 Å². The summed E-state index contributed by atoms with van der Waals surface area (Å²) in [6.45, 7) is 3.54. The molecule has 1 fully saturated rings. The molecule has 0 spiro atoms. The monoisotopic (exact) mass is 196 g/mol. The van der Waals surface area contributed by atoms with Gasteiger partial charge in [-0.25, -0.2) is 0 Å². The van der Waals surface area contributed by atoms with Gasteiger partial charge in [-0.05, 0) is 31.6 Å². The van der Waals surface area contributed by atoms with Gasteiger partial charge in [0.25, 0.3) is 0 Å². The van der Waals surface area contributed by atoms with Gasteiger partial charge in [0, 0.05) is 12.5 Å². The van der Waals surface area contributed by atoms with Crippen molar-refractivity contribution < 1.29 is 9.84 Å². The fourth-order valence-electron chi connectivity index (χ4n) is 2.55. The quantitative estimate of drug-likeness (QED) is 0.686. The zero-order chi connectivity index (χ0) is 10.0. The van der Waals surface area contributed by atoms with E-state index in [1.807, 2.05) is 0 Å². The maximum atomic E-state index is 10.5. The number of ether oxygens (including phenoxy) is 1. The van der Waals surface area contributed by atoms with Crippen molar-refractivity contribution >= 4 is 0 Å². The van der Waals surface area contributed by atoms with Crippen LogP contribution in [0, 0.1) is 11.8 Å². The lowest BCUT2D eigenvalue weighted by Crippen LogP contribution is -2.45. The predicted octanol–water partition coefficient (Wildman–Crippen LogP) is 2.13. The van der Waals surface area contributed by atoms with E-state index in [4.69, 9.17) is 4.74 Å². The Labute approximate surface area is 86.0 Å². The minimum Gasteiger partial charge on any atom is -0.389 e. The van der Waals surface area contributed by atoms with Crippen molar-refractivity contribution in [3.05, 3.63) is 12.2 Å². The number of allylic oxidation sites excluding steroid dienone is 2. The van der Waals surface area contributed by atoms with E-state index in [1.54, 1.807) is 0 Å². The Bertz CT molecular complexity index is 216. The Morgan fingerprint density at radius 2 is 2.14 bits per heavy atom. The van der Waals surface area contributed by atoms with Crippen LogP contribution in [0.4, 0.5) is 0 Å². The molecular weight excluding hydrogens is 176 g/mol. The minimum atomic E-state index is -0.463. The highest BCUT2D eigenvalue weighted by molar-refractivity contribution is 4.98. The maximum Gasteiger partial charge on any atom is 0.0719 e. The van der Waals surface area contributed by atoms with Crippen LogP contribution >= 0.6 is 0 Å². The van der Waals surface area contributed by atoms with Crippen LogP contribution in [0.1, 0.15) is 32.6 Å². The van der Waals surface area contributed by atoms with Gasteiger partial charge in [-0.3, -0.25) is 0 Å². The van der Waals surface area contributed by atoms with Crippen LogP contribution in [0.2, 0.25) is 0 Å². The second kappa shape index (κ2) is 4.03. The number of rotatable bonds is 2. The van der Waals surface area contributed by atoms with Gasteiger partial charge >= 0.3 is 0 Å². The Kier molecular flexibility index (Phi) is 2.93. The van der Waals surface area contributed by atoms with E-state index in [0.717, 1.165) is 38.9 Å². The van der Waals surface area contributed by atoms with Crippen molar-refractivity contribution in [1.82, 2.24) is 0 Å². The second-order valence-electron chi connectivity index (χ2n) is 4.84. The SMILES string of the molecule is CC1COCCC1(O)CC1CC=CC1. The number of aliphatic hydroxyl groups is 1. The third kappa shape index (κ3) is 2.01. The van der Waals surface area contributed by atoms with Gasteiger partial charge in [0.1, 0.15) is 0 Å². The van der Waals surface area contributed by atoms with Gasteiger partial charge < -0.3 is 9.84 Å². The van der Waals surface area contributed by atoms with E-state index >= 15 is 0 Å². The molecule has 1 N–H and O–H groups in total. The maximum absolute atomic E-state index is 10.5. The molecule has 2 heteroatoms. The molecule has 2 nitrogen and oxygen atoms in total. The van der Waals surface area contributed by atoms with E-state index in [9.17, 15) is 5.11 Å². The largest absolute Gasteiger partial charge is 0.389 e. The molecule has 1 saturated heterocycles. The molecule has 0 aromatic rings. The fraction of sp³-hybridized carbons (Fsp3) is 0.833. The average molecular weight is 196 g/mol. The predicted molar refractivity (Wildman–Crippen MR) is 56.0 cm³/mol. The first-order chi connectivity index (χ1) is 6.71. The summed E-state index contributed by atoms with van der Waals surface area (Å²) in [5.74, 6) is 0.956. The lowest BCUT2D eigenvalue weighted by Gasteiger charge is -2.39. The summed E-state index contributed by atoms with van der Waals surface area (Å²) in [6.07, 6.45) is 8.52. The zero-order valence-electron chi connectivity index (χ0n) is 8.91. The molecule has 80 valence electrons. The summed E-state index contributed by atoms with van der Waals surface area (Å²) in [5.41, 5.74) is -0.463. The lowest BCUT2D eigenvalue weighted by atomic mass is 9.77. The highest BCUT2D eigenvalue weighted by atomic mass is 16.5. The van der Waals surface area contributed by atoms with Crippen molar-refractivity contribution in [3.63, 3.8) is 0 Å². The molecule has 2 atom stereocenters. The smallest absolute Gasteiger partial charge is 0.0719 e. The van der Waals surface area contributed by atoms with Gasteiger partial charge in [-0.1, -0.05) is 19.1 Å². The molecule has 14 heavy (non-hydrogen) atoms. The Morgan fingerprint density at radius 3 is 2.79 bits per heavy atom. The molecule has 0 aromatic heterocycles. The molecule has 0 bridgehead atoms. The molecule has 0 radical (unpaired) electrons. The zero-order valence-corrected chi connectivity index (χ0v) is 8.91. The summed E-state index contributed by atoms with van der Waals surface area (Å²) in [6, 6.07) is 0. The number of hydrogen-bond acceptors (Lipinski definition) is 2. The van der Waals surface area contributed by atoms with Crippen molar-refractivity contribution in [2.45, 2.75) is 38.2 Å². The molecule has 0 aromatic carbocycles. The third-order valence-corrected chi connectivity index (χ3v) is 3.71. The summed E-state index contributed by atoms with van der Waals surface area (Å²) in [5, 5.41) is 10.5. The molecule has 0 amide bonds. The summed E-state index contributed by atoms with van der Waals surface area (Å²) < 4.78 is 5.37. The summed E-state index contributed by atoms with van der Waals surface area (Å²) in [4.78, 5) is 0. The second-order valence-corrected chi connectivity index (χ2v) is 4.84. The first-order valence-electron chi connectivity index (χ1n) is 5.66. The highest BCUT2D eigenvalue weighted by Crippen LogP contribution is 2.36. The van der Waals surface area contributed by atoms with Crippen molar-refractivity contribution in [3.8, 4) is 0 Å². The van der Waals surface area contributed by atoms with E-state index < -0.39 is 5.60 Å². The normalized spacial score (nSPS) is 39.1. The number of hydrogen-bond donors (Lipinski definition) is 1. The first-order valence-corrected chi connectivity index (χ1v) is 5.66. The van der Waals surface area contributed by atoms with Crippen molar-refractivity contribution in [1.29, 1.82) is 0 Å². The fourth-order valence-corrected chi connectivity index (χ4v) is 2.55. The van der Waals surface area contributed by atoms with Gasteiger partial charge in [-0.15, -0.1) is 0 Å². The van der Waals surface area contributed by atoms with Crippen LogP contribution in [0.25, 0.3) is 0 Å². The molecular formula is C12H20O2. The van der Waals surface area contributed by atoms with Crippen LogP contribution in [0.5, 0.6) is 0 Å². The first kappa shape index (κ1) is 10.2. The Balaban J connectivity index is 1.92. The van der Waals surface area contributed by atoms with Gasteiger partial charge in [0.2, 0.25) is 0 Å². The molecule has 2 aliphatic rings. The molecule has 0 saturated carbocycles. The average Bonchev–Trinajstić information content (AvgIpc) is 2.63. The Morgan fingerprint density at radius 1 is 1.43 bits per heavy atom. The molecule has 2 unspecified atom stereocenters. The highest BCUT2D eigenvalue weighted by Gasteiger charge is 2.38. The summed E-state index contributed by atoms with van der Waals surface area (Å²) in [7, 11) is 0. The standard InChI is InChI=1S/C12H20O2/c1-10-9-14-7-6-12(10,13)8-11-4-2-3-5-11/h2-3,10-11,13H,4-9H2,1H3. The van der Waals surface area contributed by atoms with Crippen LogP contribution in [0.3, 0.4) is 0 Å².